The first-order valence-electron chi connectivity index (χ1n) is 7.70. The maximum atomic E-state index is 10.7. The molecule has 0 radical (unpaired) electrons. The van der Waals surface area contributed by atoms with Gasteiger partial charge in [-0.3, -0.25) is 0 Å². The van der Waals surface area contributed by atoms with Gasteiger partial charge in [0.1, 0.15) is 0 Å². The predicted octanol–water partition coefficient (Wildman–Crippen LogP) is 2.45. The highest BCUT2D eigenvalue weighted by Gasteiger charge is 2.42. The molecule has 2 saturated heterocycles. The Morgan fingerprint density at radius 1 is 1.33 bits per heavy atom. The molecule has 2 fully saturated rings. The molecule has 3 unspecified atom stereocenters. The van der Waals surface area contributed by atoms with Gasteiger partial charge >= 0.3 is 0 Å². The van der Waals surface area contributed by atoms with Crippen molar-refractivity contribution >= 4 is 0 Å². The van der Waals surface area contributed by atoms with Gasteiger partial charge in [-0.05, 0) is 29.9 Å². The van der Waals surface area contributed by atoms with Crippen LogP contribution < -0.4 is 0 Å². The zero-order chi connectivity index (χ0) is 14.7. The molecule has 116 valence electrons. The van der Waals surface area contributed by atoms with Gasteiger partial charge in [-0.15, -0.1) is 0 Å². The molecule has 0 saturated carbocycles. The van der Waals surface area contributed by atoms with Gasteiger partial charge in [-0.2, -0.15) is 0 Å². The Kier molecular flexibility index (Phi) is 4.60. The summed E-state index contributed by atoms with van der Waals surface area (Å²) in [5.41, 5.74) is 1.96. The fraction of sp³-hybridized carbons (Fsp3) is 0.647. The Hall–Kier alpha value is -0.940. The highest BCUT2D eigenvalue weighted by Crippen LogP contribution is 2.40. The summed E-state index contributed by atoms with van der Waals surface area (Å²) in [5, 5.41) is 10.7. The SMILES string of the molecule is COCc1ccc(C(O)C2CCOC3(CCOC3)C2)cc1. The lowest BCUT2D eigenvalue weighted by Crippen LogP contribution is -2.41. The number of methoxy groups -OCH3 is 1. The van der Waals surface area contributed by atoms with E-state index in [9.17, 15) is 5.11 Å². The van der Waals surface area contributed by atoms with Gasteiger partial charge in [-0.1, -0.05) is 24.3 Å². The van der Waals surface area contributed by atoms with E-state index in [-0.39, 0.29) is 11.5 Å². The topological polar surface area (TPSA) is 47.9 Å². The lowest BCUT2D eigenvalue weighted by Gasteiger charge is -2.39. The van der Waals surface area contributed by atoms with Crippen LogP contribution in [0.5, 0.6) is 0 Å². The molecule has 4 heteroatoms. The zero-order valence-corrected chi connectivity index (χ0v) is 12.6. The molecule has 3 rings (SSSR count). The molecule has 21 heavy (non-hydrogen) atoms. The monoisotopic (exact) mass is 292 g/mol. The summed E-state index contributed by atoms with van der Waals surface area (Å²) in [5.74, 6) is 0.244. The molecule has 1 spiro atoms. The summed E-state index contributed by atoms with van der Waals surface area (Å²) in [6.45, 7) is 2.76. The third-order valence-electron chi connectivity index (χ3n) is 4.68. The largest absolute Gasteiger partial charge is 0.388 e. The molecule has 0 amide bonds. The van der Waals surface area contributed by atoms with Gasteiger partial charge < -0.3 is 19.3 Å². The first-order valence-corrected chi connectivity index (χ1v) is 7.70. The molecule has 1 N–H and O–H groups in total. The van der Waals surface area contributed by atoms with Crippen molar-refractivity contribution < 1.29 is 19.3 Å². The highest BCUT2D eigenvalue weighted by atomic mass is 16.6. The van der Waals surface area contributed by atoms with Crippen LogP contribution in [-0.2, 0) is 20.8 Å². The lowest BCUT2D eigenvalue weighted by molar-refractivity contribution is -0.117. The predicted molar refractivity (Wildman–Crippen MR) is 79.0 cm³/mol. The van der Waals surface area contributed by atoms with Crippen LogP contribution in [0.4, 0.5) is 0 Å². The van der Waals surface area contributed by atoms with Gasteiger partial charge in [0, 0.05) is 26.7 Å². The number of benzene rings is 1. The molecule has 0 aliphatic carbocycles. The summed E-state index contributed by atoms with van der Waals surface area (Å²) in [6, 6.07) is 8.06. The van der Waals surface area contributed by atoms with Crippen LogP contribution in [0.25, 0.3) is 0 Å². The van der Waals surface area contributed by atoms with Crippen LogP contribution >= 0.6 is 0 Å². The van der Waals surface area contributed by atoms with Gasteiger partial charge in [0.2, 0.25) is 0 Å². The van der Waals surface area contributed by atoms with E-state index in [2.05, 4.69) is 0 Å². The van der Waals surface area contributed by atoms with Crippen LogP contribution in [0.15, 0.2) is 24.3 Å². The second kappa shape index (κ2) is 6.44. The average molecular weight is 292 g/mol. The van der Waals surface area contributed by atoms with Gasteiger partial charge in [0.15, 0.2) is 0 Å². The van der Waals surface area contributed by atoms with Crippen LogP contribution in [0.1, 0.15) is 36.5 Å². The average Bonchev–Trinajstić information content (AvgIpc) is 2.95. The van der Waals surface area contributed by atoms with E-state index >= 15 is 0 Å². The fourth-order valence-corrected chi connectivity index (χ4v) is 3.45. The van der Waals surface area contributed by atoms with Gasteiger partial charge in [-0.25, -0.2) is 0 Å². The maximum absolute atomic E-state index is 10.7. The number of hydrogen-bond acceptors (Lipinski definition) is 4. The molecule has 2 aliphatic heterocycles. The van der Waals surface area contributed by atoms with Crippen molar-refractivity contribution in [3.05, 3.63) is 35.4 Å². The maximum Gasteiger partial charge on any atom is 0.0940 e. The van der Waals surface area contributed by atoms with Crippen molar-refractivity contribution in [2.24, 2.45) is 5.92 Å². The van der Waals surface area contributed by atoms with Crippen molar-refractivity contribution in [2.45, 2.75) is 37.6 Å². The van der Waals surface area contributed by atoms with E-state index in [1.807, 2.05) is 24.3 Å². The minimum absolute atomic E-state index is 0.153. The molecule has 1 aromatic carbocycles. The molecule has 0 aromatic heterocycles. The van der Waals surface area contributed by atoms with Crippen LogP contribution in [-0.4, -0.2) is 37.6 Å². The van der Waals surface area contributed by atoms with Crippen LogP contribution in [0.2, 0.25) is 0 Å². The molecule has 3 atom stereocenters. The summed E-state index contributed by atoms with van der Waals surface area (Å²) < 4.78 is 16.5. The van der Waals surface area contributed by atoms with E-state index in [0.717, 1.165) is 37.0 Å². The normalized spacial score (nSPS) is 30.7. The Labute approximate surface area is 126 Å². The van der Waals surface area contributed by atoms with E-state index in [1.54, 1.807) is 7.11 Å². The molecule has 0 bridgehead atoms. The van der Waals surface area contributed by atoms with E-state index in [4.69, 9.17) is 14.2 Å². The smallest absolute Gasteiger partial charge is 0.0940 e. The first-order chi connectivity index (χ1) is 10.2. The molecule has 1 aromatic rings. The standard InChI is InChI=1S/C17H24O4/c1-19-11-13-2-4-14(5-3-13)16(18)15-6-8-21-17(10-15)7-9-20-12-17/h2-5,15-16,18H,6-12H2,1H3. The van der Waals surface area contributed by atoms with E-state index in [1.165, 1.54) is 0 Å². The van der Waals surface area contributed by atoms with Crippen molar-refractivity contribution in [2.75, 3.05) is 26.9 Å². The first kappa shape index (κ1) is 15.0. The Morgan fingerprint density at radius 3 is 2.81 bits per heavy atom. The summed E-state index contributed by atoms with van der Waals surface area (Å²) >= 11 is 0. The van der Waals surface area contributed by atoms with E-state index < -0.39 is 6.10 Å². The molecule has 2 aliphatic rings. The number of aliphatic hydroxyl groups is 1. The van der Waals surface area contributed by atoms with Crippen molar-refractivity contribution in [1.82, 2.24) is 0 Å². The Morgan fingerprint density at radius 2 is 2.14 bits per heavy atom. The second-order valence-electron chi connectivity index (χ2n) is 6.21. The highest BCUT2D eigenvalue weighted by molar-refractivity contribution is 5.24. The molecular formula is C17H24O4. The third-order valence-corrected chi connectivity index (χ3v) is 4.68. The Bertz CT molecular complexity index is 450. The third kappa shape index (κ3) is 3.29. The summed E-state index contributed by atoms with van der Waals surface area (Å²) in [7, 11) is 1.69. The molecule has 2 heterocycles. The fourth-order valence-electron chi connectivity index (χ4n) is 3.45. The summed E-state index contributed by atoms with van der Waals surface area (Å²) in [6.07, 6.45) is 2.31. The van der Waals surface area contributed by atoms with Crippen molar-refractivity contribution in [1.29, 1.82) is 0 Å². The van der Waals surface area contributed by atoms with Crippen LogP contribution in [0.3, 0.4) is 0 Å². The number of ether oxygens (including phenoxy) is 3. The number of rotatable bonds is 4. The zero-order valence-electron chi connectivity index (χ0n) is 12.6. The Balaban J connectivity index is 1.67. The van der Waals surface area contributed by atoms with Crippen molar-refractivity contribution in [3.63, 3.8) is 0 Å². The number of aliphatic hydroxyl groups excluding tert-OH is 1. The molecule has 4 nitrogen and oxygen atoms in total. The lowest BCUT2D eigenvalue weighted by atomic mass is 9.80. The summed E-state index contributed by atoms with van der Waals surface area (Å²) in [4.78, 5) is 0. The van der Waals surface area contributed by atoms with Crippen molar-refractivity contribution in [3.8, 4) is 0 Å². The second-order valence-corrected chi connectivity index (χ2v) is 6.21. The molecular weight excluding hydrogens is 268 g/mol. The minimum Gasteiger partial charge on any atom is -0.388 e. The van der Waals surface area contributed by atoms with E-state index in [0.29, 0.717) is 19.8 Å². The van der Waals surface area contributed by atoms with Gasteiger partial charge in [0.25, 0.3) is 0 Å². The van der Waals surface area contributed by atoms with Gasteiger partial charge in [0.05, 0.1) is 24.9 Å². The number of hydrogen-bond donors (Lipinski definition) is 1. The quantitative estimate of drug-likeness (QED) is 0.926. The van der Waals surface area contributed by atoms with Crippen LogP contribution in [0, 0.1) is 5.92 Å². The minimum atomic E-state index is -0.428.